The van der Waals surface area contributed by atoms with Crippen LogP contribution in [0, 0.1) is 5.41 Å². The lowest BCUT2D eigenvalue weighted by Crippen LogP contribution is -2.36. The lowest BCUT2D eigenvalue weighted by molar-refractivity contribution is 0.124. The molecule has 30 heavy (non-hydrogen) atoms. The molecule has 0 aromatic carbocycles. The third kappa shape index (κ3) is 15.1. The third-order valence-electron chi connectivity index (χ3n) is 4.21. The molecule has 0 aromatic heterocycles. The normalized spacial score (nSPS) is 19.6. The van der Waals surface area contributed by atoms with Gasteiger partial charge >= 0.3 is 0 Å². The van der Waals surface area contributed by atoms with Crippen LogP contribution in [0.5, 0.6) is 0 Å². The summed E-state index contributed by atoms with van der Waals surface area (Å²) in [6.45, 7) is 6.69. The Morgan fingerprint density at radius 3 is 1.37 bits per heavy atom. The summed E-state index contributed by atoms with van der Waals surface area (Å²) in [5.41, 5.74) is 0.116. The first-order valence-corrected chi connectivity index (χ1v) is 13.4. The van der Waals surface area contributed by atoms with Crippen molar-refractivity contribution in [3.63, 3.8) is 0 Å². The van der Waals surface area contributed by atoms with E-state index in [1.54, 1.807) is 14.1 Å². The fraction of sp³-hybridized carbons (Fsp3) is 0.889. The molecular formula is C18H43N3O7P2. The molecule has 5 atom stereocenters. The summed E-state index contributed by atoms with van der Waals surface area (Å²) in [5, 5.41) is 18.1. The Morgan fingerprint density at radius 2 is 1.07 bits per heavy atom. The van der Waals surface area contributed by atoms with Gasteiger partial charge in [-0.05, 0) is 45.6 Å². The fourth-order valence-electron chi connectivity index (χ4n) is 2.33. The zero-order valence-corrected chi connectivity index (χ0v) is 21.0. The van der Waals surface area contributed by atoms with Gasteiger partial charge in [0.25, 0.3) is 0 Å². The number of hydrogen-bond donors (Lipinski definition) is 6. The first-order chi connectivity index (χ1) is 13.8. The summed E-state index contributed by atoms with van der Waals surface area (Å²) in [6.07, 6.45) is 8.11. The maximum absolute atomic E-state index is 10.4. The molecule has 0 fully saturated rings. The van der Waals surface area contributed by atoms with Crippen LogP contribution in [0.4, 0.5) is 0 Å². The Bertz CT molecular complexity index is 556. The van der Waals surface area contributed by atoms with Gasteiger partial charge in [0.1, 0.15) is 0 Å². The number of aliphatic hydroxyl groups excluding tert-OH is 1. The molecule has 5 unspecified atom stereocenters. The zero-order chi connectivity index (χ0) is 23.4. The highest BCUT2D eigenvalue weighted by Gasteiger charge is 2.23. The van der Waals surface area contributed by atoms with Crippen LogP contribution >= 0.6 is 15.1 Å². The van der Waals surface area contributed by atoms with Gasteiger partial charge in [-0.1, -0.05) is 20.8 Å². The van der Waals surface area contributed by atoms with Crippen molar-refractivity contribution in [2.24, 2.45) is 5.41 Å². The van der Waals surface area contributed by atoms with E-state index >= 15 is 0 Å². The smallest absolute Gasteiger partial charge is 0.248 e. The molecule has 6 N–H and O–H groups in total. The van der Waals surface area contributed by atoms with Crippen LogP contribution in [-0.4, -0.2) is 99.8 Å². The summed E-state index contributed by atoms with van der Waals surface area (Å²) >= 11 is 0. The quantitative estimate of drug-likeness (QED) is 0.166. The van der Waals surface area contributed by atoms with E-state index < -0.39 is 15.1 Å². The van der Waals surface area contributed by atoms with Gasteiger partial charge in [0.2, 0.25) is 15.1 Å². The summed E-state index contributed by atoms with van der Waals surface area (Å²) in [4.78, 5) is 20.6. The van der Waals surface area contributed by atoms with Crippen molar-refractivity contribution in [3.05, 3.63) is 0 Å². The minimum Gasteiger partial charge on any atom is -0.395 e. The standard InChI is InChI=1S/C18H43N3O7P2/c1-18(2,3)9-15(19-4)11-25-29(7,23)27-13-17(21-6)14-28-30(8,24)26-12-16(10-22)20-5/h15-17,19-24H,7-14H2,1-6H3. The molecule has 0 amide bonds. The predicted molar refractivity (Wildman–Crippen MR) is 126 cm³/mol. The van der Waals surface area contributed by atoms with Gasteiger partial charge in [0.05, 0.1) is 45.1 Å². The van der Waals surface area contributed by atoms with Crippen LogP contribution in [0.3, 0.4) is 0 Å². The second-order valence-corrected chi connectivity index (χ2v) is 11.9. The van der Waals surface area contributed by atoms with Crippen LogP contribution in [0.15, 0.2) is 0 Å². The van der Waals surface area contributed by atoms with Crippen molar-refractivity contribution in [2.75, 3.05) is 54.2 Å². The molecule has 0 saturated carbocycles. The first kappa shape index (κ1) is 30.2. The van der Waals surface area contributed by atoms with Crippen LogP contribution in [-0.2, 0) is 18.1 Å². The Labute approximate surface area is 182 Å². The largest absolute Gasteiger partial charge is 0.395 e. The minimum absolute atomic E-state index is 0.0385. The highest BCUT2D eigenvalue weighted by atomic mass is 31.2. The minimum atomic E-state index is -3.31. The molecule has 0 aromatic rings. The second-order valence-electron chi connectivity index (χ2n) is 8.36. The zero-order valence-electron chi connectivity index (χ0n) is 19.3. The molecular weight excluding hydrogens is 432 g/mol. The average Bonchev–Trinajstić information content (AvgIpc) is 2.65. The highest BCUT2D eigenvalue weighted by molar-refractivity contribution is 7.58. The van der Waals surface area contributed by atoms with Crippen LogP contribution in [0.2, 0.25) is 0 Å². The molecule has 0 aliphatic carbocycles. The van der Waals surface area contributed by atoms with Crippen molar-refractivity contribution >= 4 is 27.7 Å². The maximum Gasteiger partial charge on any atom is 0.248 e. The summed E-state index contributed by atoms with van der Waals surface area (Å²) < 4.78 is 21.7. The van der Waals surface area contributed by atoms with Crippen molar-refractivity contribution in [1.82, 2.24) is 16.0 Å². The van der Waals surface area contributed by atoms with E-state index in [1.807, 2.05) is 7.05 Å². The second kappa shape index (κ2) is 14.4. The Hall–Kier alpha value is 0.200. The van der Waals surface area contributed by atoms with E-state index in [0.29, 0.717) is 0 Å². The van der Waals surface area contributed by atoms with E-state index in [1.165, 1.54) is 0 Å². The Morgan fingerprint density at radius 1 is 0.733 bits per heavy atom. The SMILES string of the molecule is C=P(O)(OCC(CO)NC)OCC(COP(=C)(O)OCC(CC(C)(C)C)NC)NC. The van der Waals surface area contributed by atoms with Gasteiger partial charge in [-0.3, -0.25) is 0 Å². The Kier molecular flexibility index (Phi) is 14.5. The van der Waals surface area contributed by atoms with E-state index in [9.17, 15) is 9.79 Å². The summed E-state index contributed by atoms with van der Waals surface area (Å²) in [6, 6.07) is -0.617. The van der Waals surface area contributed by atoms with E-state index in [0.717, 1.165) is 6.42 Å². The average molecular weight is 476 g/mol. The number of hydrogen-bond acceptors (Lipinski definition) is 10. The maximum atomic E-state index is 10.4. The molecule has 0 spiro atoms. The van der Waals surface area contributed by atoms with Gasteiger partial charge in [-0.15, -0.1) is 0 Å². The predicted octanol–water partition coefficient (Wildman–Crippen LogP) is 0.619. The molecule has 0 aliphatic heterocycles. The lowest BCUT2D eigenvalue weighted by atomic mass is 9.88. The van der Waals surface area contributed by atoms with Gasteiger partial charge in [0.15, 0.2) is 0 Å². The van der Waals surface area contributed by atoms with Crippen LogP contribution < -0.4 is 16.0 Å². The fourth-order valence-corrected chi connectivity index (χ4v) is 4.13. The van der Waals surface area contributed by atoms with Crippen LogP contribution in [0.25, 0.3) is 0 Å². The van der Waals surface area contributed by atoms with Gasteiger partial charge in [0, 0.05) is 6.04 Å². The van der Waals surface area contributed by atoms with Crippen LogP contribution in [0.1, 0.15) is 27.2 Å². The van der Waals surface area contributed by atoms with Gasteiger partial charge in [-0.25, -0.2) is 0 Å². The molecule has 0 aliphatic rings. The Balaban J connectivity index is 4.48. The molecule has 0 heterocycles. The highest BCUT2D eigenvalue weighted by Crippen LogP contribution is 2.44. The van der Waals surface area contributed by atoms with E-state index in [2.05, 4.69) is 49.3 Å². The first-order valence-electron chi connectivity index (χ1n) is 9.90. The molecule has 0 radical (unpaired) electrons. The molecule has 12 heteroatoms. The van der Waals surface area contributed by atoms with E-state index in [4.69, 9.17) is 23.2 Å². The molecule has 0 rings (SSSR count). The van der Waals surface area contributed by atoms with Gasteiger partial charge < -0.3 is 48.9 Å². The van der Waals surface area contributed by atoms with Crippen molar-refractivity contribution in [3.8, 4) is 0 Å². The molecule has 0 bridgehead atoms. The number of rotatable bonds is 17. The van der Waals surface area contributed by atoms with Crippen molar-refractivity contribution < 1.29 is 33.0 Å². The lowest BCUT2D eigenvalue weighted by Gasteiger charge is -2.28. The van der Waals surface area contributed by atoms with Crippen molar-refractivity contribution in [2.45, 2.75) is 45.3 Å². The third-order valence-corrected chi connectivity index (χ3v) is 6.42. The summed E-state index contributed by atoms with van der Waals surface area (Å²) in [7, 11) is -1.35. The number of likely N-dealkylation sites (N-methyl/N-ethyl adjacent to an activating group) is 3. The number of nitrogens with one attached hydrogen (secondary N) is 3. The summed E-state index contributed by atoms with van der Waals surface area (Å²) in [5.74, 6) is 0. The van der Waals surface area contributed by atoms with E-state index in [-0.39, 0.29) is 56.6 Å². The van der Waals surface area contributed by atoms with Crippen molar-refractivity contribution in [1.29, 1.82) is 0 Å². The monoisotopic (exact) mass is 475 g/mol. The van der Waals surface area contributed by atoms with Gasteiger partial charge in [-0.2, -0.15) is 0 Å². The molecule has 182 valence electrons. The molecule has 0 saturated heterocycles. The molecule has 10 nitrogen and oxygen atoms in total. The number of aliphatic hydroxyl groups is 1. The topological polar surface area (TPSA) is 134 Å².